The van der Waals surface area contributed by atoms with Crippen molar-refractivity contribution in [3.05, 3.63) is 59.2 Å². The van der Waals surface area contributed by atoms with Crippen LogP contribution in [-0.4, -0.2) is 11.6 Å². The molecule has 0 aliphatic heterocycles. The zero-order chi connectivity index (χ0) is 15.7. The van der Waals surface area contributed by atoms with Crippen LogP contribution >= 0.6 is 0 Å². The summed E-state index contributed by atoms with van der Waals surface area (Å²) >= 11 is 0. The predicted molar refractivity (Wildman–Crippen MR) is 88.0 cm³/mol. The zero-order valence-electron chi connectivity index (χ0n) is 13.2. The monoisotopic (exact) mass is 294 g/mol. The van der Waals surface area contributed by atoms with Crippen molar-refractivity contribution in [2.45, 2.75) is 33.1 Å². The summed E-state index contributed by atoms with van der Waals surface area (Å²) in [5, 5.41) is 0. The Bertz CT molecular complexity index is 666. The predicted octanol–water partition coefficient (Wildman–Crippen LogP) is 4.62. The fourth-order valence-corrected chi connectivity index (χ4v) is 3.82. The van der Waals surface area contributed by atoms with Crippen LogP contribution in [0, 0.1) is 17.8 Å². The third kappa shape index (κ3) is 2.58. The van der Waals surface area contributed by atoms with E-state index in [0.717, 1.165) is 12.8 Å². The maximum atomic E-state index is 12.8. The van der Waals surface area contributed by atoms with E-state index in [1.807, 2.05) is 19.1 Å². The minimum Gasteiger partial charge on any atom is -0.294 e. The molecule has 2 aliphatic rings. The van der Waals surface area contributed by atoms with Crippen LogP contribution < -0.4 is 0 Å². The summed E-state index contributed by atoms with van der Waals surface area (Å²) in [5.41, 5.74) is 2.57. The van der Waals surface area contributed by atoms with Crippen molar-refractivity contribution < 1.29 is 9.59 Å². The number of Topliss-reactive ketones (excluding diaryl/α,β-unsaturated/α-hetero) is 2. The zero-order valence-corrected chi connectivity index (χ0v) is 13.2. The van der Waals surface area contributed by atoms with Crippen molar-refractivity contribution in [1.82, 2.24) is 0 Å². The van der Waals surface area contributed by atoms with Crippen LogP contribution in [0.2, 0.25) is 0 Å². The Kier molecular flexibility index (Phi) is 4.10. The van der Waals surface area contributed by atoms with Crippen LogP contribution in [0.15, 0.2) is 48.1 Å². The summed E-state index contributed by atoms with van der Waals surface area (Å²) in [6.07, 6.45) is 8.89. The van der Waals surface area contributed by atoms with Gasteiger partial charge < -0.3 is 0 Å². The molecule has 0 N–H and O–H groups in total. The molecule has 2 heteroatoms. The Morgan fingerprint density at radius 1 is 1.14 bits per heavy atom. The molecule has 0 spiro atoms. The number of allylic oxidation sites excluding steroid dienone is 4. The van der Waals surface area contributed by atoms with Gasteiger partial charge in [0, 0.05) is 23.0 Å². The van der Waals surface area contributed by atoms with Crippen molar-refractivity contribution in [1.29, 1.82) is 0 Å². The average Bonchev–Trinajstić information content (AvgIpc) is 2.53. The summed E-state index contributed by atoms with van der Waals surface area (Å²) in [6.45, 7) is 4.22. The van der Waals surface area contributed by atoms with Crippen molar-refractivity contribution >= 4 is 11.6 Å². The number of benzene rings is 1. The Morgan fingerprint density at radius 2 is 1.77 bits per heavy atom. The summed E-state index contributed by atoms with van der Waals surface area (Å²) in [5.74, 6) is 0.486. The molecule has 0 heterocycles. The van der Waals surface area contributed by atoms with Gasteiger partial charge in [0.2, 0.25) is 0 Å². The summed E-state index contributed by atoms with van der Waals surface area (Å²) in [6, 6.07) is 7.27. The van der Waals surface area contributed by atoms with Crippen LogP contribution in [0.25, 0.3) is 0 Å². The lowest BCUT2D eigenvalue weighted by Crippen LogP contribution is -2.38. The molecule has 3 unspecified atom stereocenters. The molecule has 0 amide bonds. The topological polar surface area (TPSA) is 34.1 Å². The van der Waals surface area contributed by atoms with Crippen molar-refractivity contribution in [2.24, 2.45) is 17.8 Å². The Morgan fingerprint density at radius 3 is 2.41 bits per heavy atom. The van der Waals surface area contributed by atoms with Crippen LogP contribution in [0.1, 0.15) is 53.8 Å². The fraction of sp³-hybridized carbons (Fsp3) is 0.400. The molecular formula is C20H22O2. The maximum absolute atomic E-state index is 12.8. The lowest BCUT2D eigenvalue weighted by molar-refractivity contribution is 0.0724. The molecule has 22 heavy (non-hydrogen) atoms. The van der Waals surface area contributed by atoms with Crippen molar-refractivity contribution in [2.75, 3.05) is 0 Å². The SMILES string of the molecule is CC=CC(C)CC1=CCC2C(=O)c3ccccc3C(=O)C2C1. The highest BCUT2D eigenvalue weighted by atomic mass is 16.1. The normalized spacial score (nSPS) is 25.6. The summed E-state index contributed by atoms with van der Waals surface area (Å²) < 4.78 is 0. The van der Waals surface area contributed by atoms with E-state index in [-0.39, 0.29) is 23.4 Å². The highest BCUT2D eigenvalue weighted by molar-refractivity contribution is 6.16. The van der Waals surface area contributed by atoms with Crippen LogP contribution in [0.3, 0.4) is 0 Å². The van der Waals surface area contributed by atoms with Gasteiger partial charge in [0.05, 0.1) is 0 Å². The molecule has 0 fully saturated rings. The number of hydrogen-bond acceptors (Lipinski definition) is 2. The third-order valence-electron chi connectivity index (χ3n) is 4.86. The van der Waals surface area contributed by atoms with E-state index < -0.39 is 0 Å². The van der Waals surface area contributed by atoms with Gasteiger partial charge in [0.25, 0.3) is 0 Å². The van der Waals surface area contributed by atoms with Gasteiger partial charge in [-0.25, -0.2) is 0 Å². The maximum Gasteiger partial charge on any atom is 0.167 e. The first-order valence-electron chi connectivity index (χ1n) is 8.10. The standard InChI is InChI=1S/C20H22O2/c1-3-6-13(2)11-14-9-10-17-18(12-14)20(22)16-8-5-4-7-15(16)19(17)21/h3-9,13,17-18H,10-12H2,1-2H3. The van der Waals surface area contributed by atoms with Crippen molar-refractivity contribution in [3.63, 3.8) is 0 Å². The molecule has 1 aromatic rings. The highest BCUT2D eigenvalue weighted by Gasteiger charge is 2.42. The highest BCUT2D eigenvalue weighted by Crippen LogP contribution is 2.40. The second-order valence-corrected chi connectivity index (χ2v) is 6.50. The van der Waals surface area contributed by atoms with Crippen LogP contribution in [0.5, 0.6) is 0 Å². The van der Waals surface area contributed by atoms with E-state index in [0.29, 0.717) is 23.5 Å². The van der Waals surface area contributed by atoms with Gasteiger partial charge in [-0.2, -0.15) is 0 Å². The van der Waals surface area contributed by atoms with Gasteiger partial charge >= 0.3 is 0 Å². The first kappa shape index (κ1) is 15.0. The van der Waals surface area contributed by atoms with Gasteiger partial charge in [-0.15, -0.1) is 0 Å². The number of carbonyl (C=O) groups excluding carboxylic acids is 2. The molecule has 1 aromatic carbocycles. The van der Waals surface area contributed by atoms with E-state index in [1.54, 1.807) is 12.1 Å². The summed E-state index contributed by atoms with van der Waals surface area (Å²) in [7, 11) is 0. The average molecular weight is 294 g/mol. The first-order chi connectivity index (χ1) is 10.6. The number of ketones is 2. The first-order valence-corrected chi connectivity index (χ1v) is 8.10. The molecular weight excluding hydrogens is 272 g/mol. The van der Waals surface area contributed by atoms with E-state index in [9.17, 15) is 9.59 Å². The largest absolute Gasteiger partial charge is 0.294 e. The number of hydrogen-bond donors (Lipinski definition) is 0. The molecule has 2 aliphatic carbocycles. The minimum absolute atomic E-state index is 0.150. The molecule has 114 valence electrons. The second kappa shape index (κ2) is 6.04. The Balaban J connectivity index is 1.85. The van der Waals surface area contributed by atoms with Crippen molar-refractivity contribution in [3.8, 4) is 0 Å². The van der Waals surface area contributed by atoms with Gasteiger partial charge in [-0.1, -0.05) is 55.0 Å². The number of rotatable bonds is 3. The quantitative estimate of drug-likeness (QED) is 0.762. The molecule has 0 saturated carbocycles. The van der Waals surface area contributed by atoms with Gasteiger partial charge in [0.15, 0.2) is 11.6 Å². The number of fused-ring (bicyclic) bond motifs is 2. The van der Waals surface area contributed by atoms with Gasteiger partial charge in [0.1, 0.15) is 0 Å². The molecule has 0 saturated heterocycles. The molecule has 2 nitrogen and oxygen atoms in total. The smallest absolute Gasteiger partial charge is 0.167 e. The van der Waals surface area contributed by atoms with Gasteiger partial charge in [-0.05, 0) is 32.1 Å². The van der Waals surface area contributed by atoms with Crippen LogP contribution in [0.4, 0.5) is 0 Å². The summed E-state index contributed by atoms with van der Waals surface area (Å²) in [4.78, 5) is 25.4. The molecule has 0 bridgehead atoms. The fourth-order valence-electron chi connectivity index (χ4n) is 3.82. The minimum atomic E-state index is -0.153. The van der Waals surface area contributed by atoms with Gasteiger partial charge in [-0.3, -0.25) is 9.59 Å². The van der Waals surface area contributed by atoms with E-state index in [1.165, 1.54) is 5.57 Å². The van der Waals surface area contributed by atoms with Crippen LogP contribution in [-0.2, 0) is 0 Å². The Labute approximate surface area is 131 Å². The van der Waals surface area contributed by atoms with E-state index in [4.69, 9.17) is 0 Å². The second-order valence-electron chi connectivity index (χ2n) is 6.50. The molecule has 3 atom stereocenters. The number of carbonyl (C=O) groups is 2. The molecule has 0 aromatic heterocycles. The molecule has 3 rings (SSSR count). The Hall–Kier alpha value is -1.96. The lowest BCUT2D eigenvalue weighted by Gasteiger charge is -2.34. The van der Waals surface area contributed by atoms with E-state index >= 15 is 0 Å². The van der Waals surface area contributed by atoms with E-state index in [2.05, 4.69) is 25.2 Å². The third-order valence-corrected chi connectivity index (χ3v) is 4.86. The lowest BCUT2D eigenvalue weighted by atomic mass is 9.67. The molecule has 0 radical (unpaired) electrons.